The predicted molar refractivity (Wildman–Crippen MR) is 71.3 cm³/mol. The monoisotopic (exact) mass is 338 g/mol. The molecule has 0 aliphatic heterocycles. The van der Waals surface area contributed by atoms with Crippen molar-refractivity contribution in [1.29, 1.82) is 0 Å². The van der Waals surface area contributed by atoms with Gasteiger partial charge in [-0.15, -0.1) is 0 Å². The summed E-state index contributed by atoms with van der Waals surface area (Å²) in [6.07, 6.45) is 1.14. The summed E-state index contributed by atoms with van der Waals surface area (Å²) >= 11 is 0. The number of hydrogen-bond donors (Lipinski definition) is 2. The minimum atomic E-state index is -9.77. The maximum Gasteiger partial charge on any atom is 0.346 e. The van der Waals surface area contributed by atoms with Crippen LogP contribution in [0.4, 0.5) is 19.4 Å². The van der Waals surface area contributed by atoms with E-state index >= 15 is 0 Å². The van der Waals surface area contributed by atoms with Crippen molar-refractivity contribution in [3.8, 4) is 11.4 Å². The van der Waals surface area contributed by atoms with Crippen LogP contribution in [-0.2, 0) is 0 Å². The number of nitrogens with one attached hydrogen (secondary N) is 2. The minimum Gasteiger partial charge on any atom is -0.335 e. The molecule has 0 aliphatic carbocycles. The van der Waals surface area contributed by atoms with Gasteiger partial charge in [0.2, 0.25) is 0 Å². The van der Waals surface area contributed by atoms with Gasteiger partial charge in [0.1, 0.15) is 16.2 Å². The van der Waals surface area contributed by atoms with Crippen LogP contribution in [-0.4, -0.2) is 19.9 Å². The SMILES string of the molecule is O=c1ncc2[nH]c(-c3cccc(S(F)(F)(F)(F)F)c3)nc2[nH]1. The molecule has 0 aliphatic rings. The molecule has 3 rings (SSSR count). The molecule has 118 valence electrons. The van der Waals surface area contributed by atoms with Gasteiger partial charge in [0.25, 0.3) is 0 Å². The predicted octanol–water partition coefficient (Wildman–Crippen LogP) is 3.97. The van der Waals surface area contributed by atoms with E-state index in [1.165, 1.54) is 6.07 Å². The van der Waals surface area contributed by atoms with Crippen LogP contribution in [0.5, 0.6) is 0 Å². The van der Waals surface area contributed by atoms with Gasteiger partial charge in [-0.25, -0.2) is 9.78 Å². The summed E-state index contributed by atoms with van der Waals surface area (Å²) in [5.41, 5.74) is -0.561. The Morgan fingerprint density at radius 1 is 1.05 bits per heavy atom. The molecule has 5 nitrogen and oxygen atoms in total. The summed E-state index contributed by atoms with van der Waals surface area (Å²) < 4.78 is 64.1. The van der Waals surface area contributed by atoms with Crippen LogP contribution in [0.2, 0.25) is 0 Å². The van der Waals surface area contributed by atoms with Crippen molar-refractivity contribution in [3.05, 3.63) is 40.9 Å². The van der Waals surface area contributed by atoms with Crippen molar-refractivity contribution in [2.45, 2.75) is 4.90 Å². The maximum absolute atomic E-state index is 12.8. The number of imidazole rings is 1. The van der Waals surface area contributed by atoms with Crippen molar-refractivity contribution >= 4 is 21.4 Å². The molecule has 1 aromatic carbocycles. The standard InChI is InChI=1S/C11H7F5N4OS/c12-22(13,14,15,16)7-3-1-2-6(4-7)9-18-8-5-17-11(21)20-10(8)19-9/h1-5H,(H2,17,18,19,20,21). The Balaban J connectivity index is 2.18. The zero-order chi connectivity index (χ0) is 16.2. The van der Waals surface area contributed by atoms with Crippen molar-refractivity contribution < 1.29 is 19.4 Å². The van der Waals surface area contributed by atoms with Gasteiger partial charge in [0.15, 0.2) is 5.65 Å². The number of fused-ring (bicyclic) bond motifs is 1. The summed E-state index contributed by atoms with van der Waals surface area (Å²) in [5.74, 6) is -0.0950. The highest BCUT2D eigenvalue weighted by Crippen LogP contribution is 3.02. The van der Waals surface area contributed by atoms with Crippen LogP contribution in [0.15, 0.2) is 40.2 Å². The molecule has 11 heteroatoms. The fourth-order valence-corrected chi connectivity index (χ4v) is 2.54. The fourth-order valence-electron chi connectivity index (χ4n) is 1.85. The largest absolute Gasteiger partial charge is 0.346 e. The molecule has 0 saturated heterocycles. The molecule has 0 atom stereocenters. The smallest absolute Gasteiger partial charge is 0.335 e. The number of aromatic amines is 2. The lowest BCUT2D eigenvalue weighted by Crippen LogP contribution is -2.08. The minimum absolute atomic E-state index is 0.0627. The van der Waals surface area contributed by atoms with E-state index in [4.69, 9.17) is 0 Å². The van der Waals surface area contributed by atoms with Crippen LogP contribution < -0.4 is 5.69 Å². The third kappa shape index (κ3) is 2.66. The summed E-state index contributed by atoms with van der Waals surface area (Å²) in [4.78, 5) is 21.2. The van der Waals surface area contributed by atoms with Crippen molar-refractivity contribution in [1.82, 2.24) is 19.9 Å². The molecule has 0 spiro atoms. The van der Waals surface area contributed by atoms with Crippen LogP contribution in [0.1, 0.15) is 0 Å². The molecular formula is C11H7F5N4OS. The van der Waals surface area contributed by atoms with Crippen molar-refractivity contribution in [2.24, 2.45) is 0 Å². The summed E-state index contributed by atoms with van der Waals surface area (Å²) in [6, 6.07) is 2.66. The zero-order valence-electron chi connectivity index (χ0n) is 10.5. The fraction of sp³-hybridized carbons (Fsp3) is 0. The third-order valence-corrected chi connectivity index (χ3v) is 3.97. The summed E-state index contributed by atoms with van der Waals surface area (Å²) in [6.45, 7) is 0. The Morgan fingerprint density at radius 2 is 1.77 bits per heavy atom. The molecule has 0 saturated carbocycles. The van der Waals surface area contributed by atoms with Crippen molar-refractivity contribution in [3.63, 3.8) is 0 Å². The molecule has 0 bridgehead atoms. The van der Waals surface area contributed by atoms with E-state index in [0.29, 0.717) is 12.1 Å². The molecule has 0 fully saturated rings. The normalized spacial score (nSPS) is 15.5. The first kappa shape index (κ1) is 14.5. The molecule has 0 unspecified atom stereocenters. The van der Waals surface area contributed by atoms with E-state index < -0.39 is 20.8 Å². The molecule has 0 amide bonds. The van der Waals surface area contributed by atoms with E-state index in [2.05, 4.69) is 19.9 Å². The van der Waals surface area contributed by atoms with Crippen LogP contribution in [0, 0.1) is 0 Å². The van der Waals surface area contributed by atoms with Gasteiger partial charge in [-0.2, -0.15) is 4.98 Å². The molecule has 2 N–H and O–H groups in total. The number of halogens is 5. The molecule has 2 aromatic heterocycles. The number of nitrogens with zero attached hydrogens (tertiary/aromatic N) is 2. The van der Waals surface area contributed by atoms with Crippen LogP contribution in [0.3, 0.4) is 0 Å². The lowest BCUT2D eigenvalue weighted by atomic mass is 10.2. The first-order chi connectivity index (χ1) is 9.92. The summed E-state index contributed by atoms with van der Waals surface area (Å²) in [5, 5.41) is 0. The van der Waals surface area contributed by atoms with Gasteiger partial charge in [0.05, 0.1) is 6.20 Å². The topological polar surface area (TPSA) is 74.4 Å². The van der Waals surface area contributed by atoms with E-state index in [0.717, 1.165) is 12.3 Å². The zero-order valence-corrected chi connectivity index (χ0v) is 11.3. The van der Waals surface area contributed by atoms with Gasteiger partial charge in [-0.3, -0.25) is 4.98 Å². The lowest BCUT2D eigenvalue weighted by Gasteiger charge is -2.40. The lowest BCUT2D eigenvalue weighted by molar-refractivity contribution is 0.364. The Bertz CT molecular complexity index is 947. The quantitative estimate of drug-likeness (QED) is 0.694. The van der Waals surface area contributed by atoms with Crippen LogP contribution >= 0.6 is 10.2 Å². The highest BCUT2D eigenvalue weighted by Gasteiger charge is 2.65. The first-order valence-corrected chi connectivity index (χ1v) is 7.67. The van der Waals surface area contributed by atoms with E-state index in [-0.39, 0.29) is 22.6 Å². The Labute approximate surface area is 119 Å². The number of benzene rings is 1. The van der Waals surface area contributed by atoms with Crippen LogP contribution in [0.25, 0.3) is 22.6 Å². The van der Waals surface area contributed by atoms with Gasteiger partial charge in [-0.1, -0.05) is 31.6 Å². The van der Waals surface area contributed by atoms with Gasteiger partial charge in [0, 0.05) is 5.56 Å². The number of rotatable bonds is 2. The average molecular weight is 338 g/mol. The number of aromatic nitrogens is 4. The van der Waals surface area contributed by atoms with Gasteiger partial charge in [-0.05, 0) is 12.1 Å². The maximum atomic E-state index is 12.8. The highest BCUT2D eigenvalue weighted by molar-refractivity contribution is 8.45. The second kappa shape index (κ2) is 3.66. The highest BCUT2D eigenvalue weighted by atomic mass is 32.5. The second-order valence-electron chi connectivity index (χ2n) is 4.53. The van der Waals surface area contributed by atoms with Crippen molar-refractivity contribution in [2.75, 3.05) is 0 Å². The molecular weight excluding hydrogens is 331 g/mol. The molecule has 3 aromatic rings. The molecule has 0 radical (unpaired) electrons. The number of hydrogen-bond acceptors (Lipinski definition) is 3. The molecule has 22 heavy (non-hydrogen) atoms. The number of H-pyrrole nitrogens is 2. The second-order valence-corrected chi connectivity index (χ2v) is 6.94. The van der Waals surface area contributed by atoms with E-state index in [1.54, 1.807) is 0 Å². The first-order valence-electron chi connectivity index (χ1n) is 5.72. The average Bonchev–Trinajstić information content (AvgIpc) is 2.79. The molecule has 2 heterocycles. The third-order valence-electron chi connectivity index (χ3n) is 2.82. The van der Waals surface area contributed by atoms with Gasteiger partial charge >= 0.3 is 15.9 Å². The summed E-state index contributed by atoms with van der Waals surface area (Å²) in [7, 11) is -9.77. The Morgan fingerprint density at radius 3 is 2.45 bits per heavy atom. The van der Waals surface area contributed by atoms with E-state index in [1.807, 2.05) is 0 Å². The van der Waals surface area contributed by atoms with E-state index in [9.17, 15) is 24.2 Å². The Kier molecular flexibility index (Phi) is 2.41. The van der Waals surface area contributed by atoms with Gasteiger partial charge < -0.3 is 4.98 Å². The Hall–Kier alpha value is -2.43.